The fourth-order valence-electron chi connectivity index (χ4n) is 5.91. The Balaban J connectivity index is 1.14. The number of fused-ring (bicyclic) bond motifs is 1. The van der Waals surface area contributed by atoms with Crippen LogP contribution in [0.15, 0.2) is 114 Å². The standard InChI is InChI=1S/C40H33Cl2N3O5S2/c1-50-40(49)36-29-19-18-26(24-10-4-2-5-11-24)20-34(29)52-39(36)45-35(46)23-51-28-15-8-14-27(21-28)43-38(48)33(22-30-31(41)16-9-17-32(30)42)44-37(47)25-12-6-3-7-13-25/h2-17,21-22,26H,18-20,23H2,1H3,(H,43,48)(H,44,47)(H,45,46)/b33-22+. The third kappa shape index (κ3) is 8.94. The van der Waals surface area contributed by atoms with Gasteiger partial charge in [0.1, 0.15) is 10.7 Å². The molecule has 8 nitrogen and oxygen atoms in total. The van der Waals surface area contributed by atoms with Crippen LogP contribution in [0, 0.1) is 0 Å². The number of rotatable bonds is 11. The van der Waals surface area contributed by atoms with E-state index >= 15 is 0 Å². The molecule has 5 aromatic rings. The van der Waals surface area contributed by atoms with Gasteiger partial charge in [0.05, 0.1) is 18.4 Å². The number of carbonyl (C=O) groups is 4. The van der Waals surface area contributed by atoms with Gasteiger partial charge in [-0.2, -0.15) is 0 Å². The van der Waals surface area contributed by atoms with Crippen LogP contribution in [0.4, 0.5) is 10.7 Å². The van der Waals surface area contributed by atoms with Gasteiger partial charge in [0, 0.05) is 36.6 Å². The zero-order chi connectivity index (χ0) is 36.6. The van der Waals surface area contributed by atoms with E-state index in [1.807, 2.05) is 24.3 Å². The number of hydrogen-bond donors (Lipinski definition) is 3. The molecule has 1 aromatic heterocycles. The van der Waals surface area contributed by atoms with Gasteiger partial charge in [0.25, 0.3) is 11.8 Å². The maximum Gasteiger partial charge on any atom is 0.341 e. The summed E-state index contributed by atoms with van der Waals surface area (Å²) < 4.78 is 5.11. The van der Waals surface area contributed by atoms with Crippen LogP contribution >= 0.6 is 46.3 Å². The molecule has 1 aliphatic rings. The quantitative estimate of drug-likeness (QED) is 0.0702. The van der Waals surface area contributed by atoms with E-state index in [0.717, 1.165) is 29.7 Å². The van der Waals surface area contributed by atoms with Crippen molar-refractivity contribution >= 4 is 86.8 Å². The van der Waals surface area contributed by atoms with Crippen molar-refractivity contribution in [3.63, 3.8) is 0 Å². The van der Waals surface area contributed by atoms with Crippen molar-refractivity contribution in [3.8, 4) is 0 Å². The van der Waals surface area contributed by atoms with Gasteiger partial charge in [-0.3, -0.25) is 14.4 Å². The van der Waals surface area contributed by atoms with Crippen molar-refractivity contribution in [2.24, 2.45) is 0 Å². The number of thioether (sulfide) groups is 1. The molecule has 1 heterocycles. The van der Waals surface area contributed by atoms with Crippen molar-refractivity contribution in [2.45, 2.75) is 30.1 Å². The lowest BCUT2D eigenvalue weighted by atomic mass is 9.83. The lowest BCUT2D eigenvalue weighted by Crippen LogP contribution is -2.30. The number of hydrogen-bond acceptors (Lipinski definition) is 7. The molecule has 1 unspecified atom stereocenters. The van der Waals surface area contributed by atoms with E-state index in [0.29, 0.717) is 48.2 Å². The van der Waals surface area contributed by atoms with Gasteiger partial charge < -0.3 is 20.7 Å². The number of esters is 1. The highest BCUT2D eigenvalue weighted by Crippen LogP contribution is 2.43. The predicted octanol–water partition coefficient (Wildman–Crippen LogP) is 9.25. The van der Waals surface area contributed by atoms with Gasteiger partial charge in [-0.05, 0) is 84.8 Å². The third-order valence-electron chi connectivity index (χ3n) is 8.46. The summed E-state index contributed by atoms with van der Waals surface area (Å²) in [6, 6.07) is 30.8. The van der Waals surface area contributed by atoms with Gasteiger partial charge in [-0.1, -0.05) is 83.9 Å². The van der Waals surface area contributed by atoms with Crippen molar-refractivity contribution in [2.75, 3.05) is 23.5 Å². The molecule has 0 saturated heterocycles. The molecule has 0 fully saturated rings. The van der Waals surface area contributed by atoms with E-state index in [4.69, 9.17) is 27.9 Å². The van der Waals surface area contributed by atoms with E-state index in [1.165, 1.54) is 41.8 Å². The van der Waals surface area contributed by atoms with Crippen molar-refractivity contribution in [1.82, 2.24) is 5.32 Å². The average Bonchev–Trinajstić information content (AvgIpc) is 3.52. The van der Waals surface area contributed by atoms with Crippen LogP contribution in [0.2, 0.25) is 10.0 Å². The number of amides is 3. The van der Waals surface area contributed by atoms with Crippen LogP contribution in [0.25, 0.3) is 6.08 Å². The smallest absolute Gasteiger partial charge is 0.341 e. The fourth-order valence-corrected chi connectivity index (χ4v) is 8.50. The molecule has 0 aliphatic heterocycles. The van der Waals surface area contributed by atoms with E-state index in [1.54, 1.807) is 66.7 Å². The number of thiophene rings is 1. The number of methoxy groups -OCH3 is 1. The second-order valence-electron chi connectivity index (χ2n) is 11.9. The summed E-state index contributed by atoms with van der Waals surface area (Å²) >= 11 is 15.5. The van der Waals surface area contributed by atoms with Gasteiger partial charge in [-0.15, -0.1) is 23.1 Å². The molecule has 3 amide bonds. The van der Waals surface area contributed by atoms with Crippen LogP contribution in [-0.4, -0.2) is 36.6 Å². The number of benzene rings is 4. The number of ether oxygens (including phenoxy) is 1. The van der Waals surface area contributed by atoms with Crippen LogP contribution in [0.3, 0.4) is 0 Å². The van der Waals surface area contributed by atoms with E-state index in [2.05, 4.69) is 28.1 Å². The summed E-state index contributed by atoms with van der Waals surface area (Å²) in [5.74, 6) is -1.45. The lowest BCUT2D eigenvalue weighted by molar-refractivity contribution is -0.114. The molecular weight excluding hydrogens is 737 g/mol. The van der Waals surface area contributed by atoms with E-state index in [9.17, 15) is 19.2 Å². The van der Waals surface area contributed by atoms with Gasteiger partial charge in [0.2, 0.25) is 5.91 Å². The summed E-state index contributed by atoms with van der Waals surface area (Å²) in [4.78, 5) is 54.5. The fraction of sp³-hybridized carbons (Fsp3) is 0.150. The Morgan fingerprint density at radius 3 is 2.29 bits per heavy atom. The Morgan fingerprint density at radius 1 is 0.885 bits per heavy atom. The van der Waals surface area contributed by atoms with Crippen LogP contribution < -0.4 is 16.0 Å². The van der Waals surface area contributed by atoms with E-state index < -0.39 is 17.8 Å². The summed E-state index contributed by atoms with van der Waals surface area (Å²) in [6.07, 6.45) is 3.83. The first-order valence-electron chi connectivity index (χ1n) is 16.3. The predicted molar refractivity (Wildman–Crippen MR) is 210 cm³/mol. The molecule has 1 atom stereocenters. The Morgan fingerprint density at radius 2 is 1.58 bits per heavy atom. The van der Waals surface area contributed by atoms with Crippen molar-refractivity contribution < 1.29 is 23.9 Å². The van der Waals surface area contributed by atoms with Crippen molar-refractivity contribution in [1.29, 1.82) is 0 Å². The second-order valence-corrected chi connectivity index (χ2v) is 14.9. The second kappa shape index (κ2) is 17.1. The van der Waals surface area contributed by atoms with Gasteiger partial charge in [-0.25, -0.2) is 4.79 Å². The zero-order valence-electron chi connectivity index (χ0n) is 27.9. The maximum absolute atomic E-state index is 13.6. The summed E-state index contributed by atoms with van der Waals surface area (Å²) in [5, 5.41) is 9.56. The first kappa shape index (κ1) is 36.9. The highest BCUT2D eigenvalue weighted by Gasteiger charge is 2.30. The molecule has 6 rings (SSSR count). The largest absolute Gasteiger partial charge is 0.465 e. The molecular formula is C40H33Cl2N3O5S2. The molecule has 4 aromatic carbocycles. The van der Waals surface area contributed by atoms with Gasteiger partial charge >= 0.3 is 5.97 Å². The van der Waals surface area contributed by atoms with Gasteiger partial charge in [0.15, 0.2) is 0 Å². The number of halogens is 2. The average molecular weight is 771 g/mol. The molecule has 0 bridgehead atoms. The van der Waals surface area contributed by atoms with Crippen LogP contribution in [0.1, 0.15) is 54.6 Å². The number of nitrogens with one attached hydrogen (secondary N) is 3. The normalized spacial score (nSPS) is 13.8. The van der Waals surface area contributed by atoms with E-state index in [-0.39, 0.29) is 17.4 Å². The molecule has 52 heavy (non-hydrogen) atoms. The first-order chi connectivity index (χ1) is 25.2. The van der Waals surface area contributed by atoms with Crippen LogP contribution in [-0.2, 0) is 27.2 Å². The molecule has 1 aliphatic carbocycles. The molecule has 0 spiro atoms. The minimum atomic E-state index is -0.605. The summed E-state index contributed by atoms with van der Waals surface area (Å²) in [6.45, 7) is 0. The molecule has 12 heteroatoms. The molecule has 0 saturated carbocycles. The topological polar surface area (TPSA) is 114 Å². The zero-order valence-corrected chi connectivity index (χ0v) is 31.1. The Kier molecular flexibility index (Phi) is 12.1. The van der Waals surface area contributed by atoms with Crippen LogP contribution in [0.5, 0.6) is 0 Å². The highest BCUT2D eigenvalue weighted by molar-refractivity contribution is 8.00. The van der Waals surface area contributed by atoms with Crippen molar-refractivity contribution in [3.05, 3.63) is 152 Å². The Labute approximate surface area is 319 Å². The minimum Gasteiger partial charge on any atom is -0.465 e. The summed E-state index contributed by atoms with van der Waals surface area (Å²) in [5.41, 5.74) is 3.73. The SMILES string of the molecule is COC(=O)c1c(NC(=O)CSc2cccc(NC(=O)/C(=C\c3c(Cl)cccc3Cl)NC(=O)c3ccccc3)c2)sc2c1CCC(c1ccccc1)C2. The minimum absolute atomic E-state index is 0.0521. The number of anilines is 2. The highest BCUT2D eigenvalue weighted by atomic mass is 35.5. The monoisotopic (exact) mass is 769 g/mol. The summed E-state index contributed by atoms with van der Waals surface area (Å²) in [7, 11) is 1.34. The molecule has 264 valence electrons. The maximum atomic E-state index is 13.6. The molecule has 0 radical (unpaired) electrons. The lowest BCUT2D eigenvalue weighted by Gasteiger charge is -2.22. The Hall–Kier alpha value is -4.87. The molecule has 3 N–H and O–H groups in total. The third-order valence-corrected chi connectivity index (χ3v) is 11.3. The first-order valence-corrected chi connectivity index (χ1v) is 18.9. The Bertz CT molecular complexity index is 2140. The number of carbonyl (C=O) groups excluding carboxylic acids is 4.